The van der Waals surface area contributed by atoms with Crippen molar-refractivity contribution in [1.29, 1.82) is 0 Å². The van der Waals surface area contributed by atoms with Crippen LogP contribution in [0.15, 0.2) is 11.1 Å². The number of halogens is 1. The van der Waals surface area contributed by atoms with Gasteiger partial charge in [-0.2, -0.15) is 0 Å². The number of nitrogens with one attached hydrogen (secondary N) is 1. The first-order valence-electron chi connectivity index (χ1n) is 4.16. The molecule has 1 aliphatic carbocycles. The first kappa shape index (κ1) is 9.78. The van der Waals surface area contributed by atoms with Gasteiger partial charge in [-0.15, -0.1) is 0 Å². The molecule has 1 fully saturated rings. The van der Waals surface area contributed by atoms with Crippen molar-refractivity contribution in [2.45, 2.75) is 26.2 Å². The van der Waals surface area contributed by atoms with Crippen LogP contribution < -0.4 is 5.32 Å². The molecule has 0 radical (unpaired) electrons. The van der Waals surface area contributed by atoms with Crippen molar-refractivity contribution in [3.8, 4) is 0 Å². The number of amides is 1. The molecule has 0 aromatic carbocycles. The number of carbonyl (C=O) groups is 1. The first-order chi connectivity index (χ1) is 5.54. The van der Waals surface area contributed by atoms with Crippen molar-refractivity contribution in [3.63, 3.8) is 0 Å². The molecule has 0 aromatic heterocycles. The number of rotatable bonds is 3. The Morgan fingerprint density at radius 3 is 2.58 bits per heavy atom. The molecule has 12 heavy (non-hydrogen) atoms. The molecule has 3 heteroatoms. The number of carbonyl (C=O) groups excluding carboxylic acids is 1. The summed E-state index contributed by atoms with van der Waals surface area (Å²) in [6.07, 6.45) is 3.22. The van der Waals surface area contributed by atoms with Crippen LogP contribution in [0.1, 0.15) is 26.2 Å². The Kier molecular flexibility index (Phi) is 2.94. The molecule has 2 nitrogen and oxygen atoms in total. The standard InChI is InChI=1S/C9H14BrNO/c1-7(10)6-11-8(12)9(2)4-3-5-9/h1,3-6H2,2H3,(H,11,12). The van der Waals surface area contributed by atoms with Crippen molar-refractivity contribution in [1.82, 2.24) is 5.32 Å². The molecule has 1 aliphatic rings. The van der Waals surface area contributed by atoms with Crippen LogP contribution in [0.3, 0.4) is 0 Å². The molecule has 0 aliphatic heterocycles. The van der Waals surface area contributed by atoms with Gasteiger partial charge in [-0.25, -0.2) is 0 Å². The van der Waals surface area contributed by atoms with Crippen molar-refractivity contribution in [2.24, 2.45) is 5.41 Å². The minimum Gasteiger partial charge on any atom is -0.351 e. The predicted molar refractivity (Wildman–Crippen MR) is 53.0 cm³/mol. The Morgan fingerprint density at radius 1 is 1.67 bits per heavy atom. The lowest BCUT2D eigenvalue weighted by Crippen LogP contribution is -2.43. The Bertz CT molecular complexity index is 209. The third kappa shape index (κ3) is 2.09. The Hall–Kier alpha value is -0.310. The van der Waals surface area contributed by atoms with Crippen molar-refractivity contribution in [2.75, 3.05) is 6.54 Å². The lowest BCUT2D eigenvalue weighted by atomic mass is 9.70. The predicted octanol–water partition coefficient (Wildman–Crippen LogP) is 2.20. The highest BCUT2D eigenvalue weighted by molar-refractivity contribution is 9.11. The quantitative estimate of drug-likeness (QED) is 0.794. The Balaban J connectivity index is 2.33. The van der Waals surface area contributed by atoms with Crippen molar-refractivity contribution >= 4 is 21.8 Å². The van der Waals surface area contributed by atoms with E-state index in [0.717, 1.165) is 17.3 Å². The zero-order valence-corrected chi connectivity index (χ0v) is 8.91. The van der Waals surface area contributed by atoms with Gasteiger partial charge in [0.25, 0.3) is 0 Å². The van der Waals surface area contributed by atoms with Crippen LogP contribution in [0.2, 0.25) is 0 Å². The highest BCUT2D eigenvalue weighted by atomic mass is 79.9. The van der Waals surface area contributed by atoms with Gasteiger partial charge in [0, 0.05) is 16.4 Å². The Labute approximate surface area is 81.5 Å². The molecule has 0 bridgehead atoms. The Morgan fingerprint density at radius 2 is 2.25 bits per heavy atom. The molecule has 0 heterocycles. The van der Waals surface area contributed by atoms with E-state index in [1.165, 1.54) is 6.42 Å². The number of hydrogen-bond acceptors (Lipinski definition) is 1. The summed E-state index contributed by atoms with van der Waals surface area (Å²) < 4.78 is 0.818. The lowest BCUT2D eigenvalue weighted by molar-refractivity contribution is -0.134. The fourth-order valence-corrected chi connectivity index (χ4v) is 1.46. The average Bonchev–Trinajstić information content (AvgIpc) is 1.95. The van der Waals surface area contributed by atoms with Crippen LogP contribution in [0.25, 0.3) is 0 Å². The van der Waals surface area contributed by atoms with Gasteiger partial charge in [0.05, 0.1) is 0 Å². The zero-order valence-electron chi connectivity index (χ0n) is 7.32. The second-order valence-electron chi connectivity index (χ2n) is 3.61. The fraction of sp³-hybridized carbons (Fsp3) is 0.667. The molecule has 0 atom stereocenters. The molecule has 1 amide bonds. The number of hydrogen-bond donors (Lipinski definition) is 1. The summed E-state index contributed by atoms with van der Waals surface area (Å²) in [5.41, 5.74) is -0.0948. The summed E-state index contributed by atoms with van der Waals surface area (Å²) in [5.74, 6) is 0.161. The van der Waals surface area contributed by atoms with Crippen LogP contribution in [0.5, 0.6) is 0 Å². The van der Waals surface area contributed by atoms with E-state index >= 15 is 0 Å². The van der Waals surface area contributed by atoms with Gasteiger partial charge < -0.3 is 5.32 Å². The van der Waals surface area contributed by atoms with E-state index in [-0.39, 0.29) is 11.3 Å². The van der Waals surface area contributed by atoms with E-state index in [1.807, 2.05) is 6.92 Å². The molecule has 0 aromatic rings. The third-order valence-electron chi connectivity index (χ3n) is 2.45. The largest absolute Gasteiger partial charge is 0.351 e. The average molecular weight is 232 g/mol. The normalized spacial score (nSPS) is 19.5. The molecule has 0 unspecified atom stereocenters. The van der Waals surface area contributed by atoms with Gasteiger partial charge in [-0.1, -0.05) is 35.9 Å². The minimum atomic E-state index is -0.0948. The van der Waals surface area contributed by atoms with Gasteiger partial charge >= 0.3 is 0 Å². The van der Waals surface area contributed by atoms with E-state index < -0.39 is 0 Å². The van der Waals surface area contributed by atoms with E-state index in [1.54, 1.807) is 0 Å². The maximum absolute atomic E-state index is 11.5. The smallest absolute Gasteiger partial charge is 0.226 e. The fourth-order valence-electron chi connectivity index (χ4n) is 1.32. The van der Waals surface area contributed by atoms with Gasteiger partial charge in [-0.05, 0) is 12.8 Å². The highest BCUT2D eigenvalue weighted by Crippen LogP contribution is 2.40. The topological polar surface area (TPSA) is 29.1 Å². The molecule has 1 rings (SSSR count). The van der Waals surface area contributed by atoms with Gasteiger partial charge in [0.15, 0.2) is 0 Å². The summed E-state index contributed by atoms with van der Waals surface area (Å²) in [4.78, 5) is 11.5. The van der Waals surface area contributed by atoms with Gasteiger partial charge in [0.1, 0.15) is 0 Å². The maximum atomic E-state index is 11.5. The molecule has 0 spiro atoms. The second-order valence-corrected chi connectivity index (χ2v) is 4.74. The van der Waals surface area contributed by atoms with Crippen LogP contribution >= 0.6 is 15.9 Å². The minimum absolute atomic E-state index is 0.0948. The van der Waals surface area contributed by atoms with E-state index in [9.17, 15) is 4.79 Å². The van der Waals surface area contributed by atoms with Crippen molar-refractivity contribution in [3.05, 3.63) is 11.1 Å². The summed E-state index contributed by atoms with van der Waals surface area (Å²) in [6.45, 7) is 6.21. The summed E-state index contributed by atoms with van der Waals surface area (Å²) >= 11 is 3.20. The van der Waals surface area contributed by atoms with Crippen LogP contribution in [-0.4, -0.2) is 12.5 Å². The highest BCUT2D eigenvalue weighted by Gasteiger charge is 2.38. The van der Waals surface area contributed by atoms with Crippen molar-refractivity contribution < 1.29 is 4.79 Å². The van der Waals surface area contributed by atoms with Gasteiger partial charge in [-0.3, -0.25) is 4.79 Å². The second kappa shape index (κ2) is 3.60. The monoisotopic (exact) mass is 231 g/mol. The SMILES string of the molecule is C=C(Br)CNC(=O)C1(C)CCC1. The lowest BCUT2D eigenvalue weighted by Gasteiger charge is -2.36. The third-order valence-corrected chi connectivity index (χ3v) is 2.73. The summed E-state index contributed by atoms with van der Waals surface area (Å²) in [6, 6.07) is 0. The van der Waals surface area contributed by atoms with E-state index in [2.05, 4.69) is 27.8 Å². The van der Waals surface area contributed by atoms with E-state index in [0.29, 0.717) is 6.54 Å². The molecule has 0 saturated heterocycles. The zero-order chi connectivity index (χ0) is 9.19. The molecular weight excluding hydrogens is 218 g/mol. The molecule has 1 N–H and O–H groups in total. The first-order valence-corrected chi connectivity index (χ1v) is 4.95. The summed E-state index contributed by atoms with van der Waals surface area (Å²) in [7, 11) is 0. The van der Waals surface area contributed by atoms with Crippen LogP contribution in [0, 0.1) is 5.41 Å². The molecular formula is C9H14BrNO. The maximum Gasteiger partial charge on any atom is 0.226 e. The summed E-state index contributed by atoms with van der Waals surface area (Å²) in [5, 5.41) is 2.84. The van der Waals surface area contributed by atoms with Gasteiger partial charge in [0.2, 0.25) is 5.91 Å². The molecule has 1 saturated carbocycles. The van der Waals surface area contributed by atoms with Crippen LogP contribution in [0.4, 0.5) is 0 Å². The van der Waals surface area contributed by atoms with Crippen LogP contribution in [-0.2, 0) is 4.79 Å². The van der Waals surface area contributed by atoms with E-state index in [4.69, 9.17) is 0 Å². The molecule has 68 valence electrons.